The fraction of sp³-hybridized carbons (Fsp3) is 0.364. The zero-order valence-corrected chi connectivity index (χ0v) is 9.44. The van der Waals surface area contributed by atoms with Crippen molar-refractivity contribution in [1.82, 2.24) is 4.90 Å². The van der Waals surface area contributed by atoms with Crippen molar-refractivity contribution >= 4 is 11.6 Å². The molecule has 0 saturated heterocycles. The Balaban J connectivity index is 2.97. The molecule has 0 fully saturated rings. The van der Waals surface area contributed by atoms with Gasteiger partial charge in [-0.15, -0.1) is 0 Å². The summed E-state index contributed by atoms with van der Waals surface area (Å²) in [4.78, 5) is 12.6. The van der Waals surface area contributed by atoms with Gasteiger partial charge in [0.2, 0.25) is 0 Å². The van der Waals surface area contributed by atoms with E-state index in [-0.39, 0.29) is 17.8 Å². The molecule has 7 heteroatoms. The minimum atomic E-state index is -2.74. The third-order valence-corrected chi connectivity index (χ3v) is 2.26. The van der Waals surface area contributed by atoms with Crippen LogP contribution in [0.4, 0.5) is 18.9 Å². The Morgan fingerprint density at radius 1 is 1.44 bits per heavy atom. The second kappa shape index (κ2) is 6.25. The highest BCUT2D eigenvalue weighted by Crippen LogP contribution is 2.16. The Kier molecular flexibility index (Phi) is 4.96. The summed E-state index contributed by atoms with van der Waals surface area (Å²) in [7, 11) is 0. The zero-order chi connectivity index (χ0) is 13.7. The number of nitrogens with zero attached hydrogens (tertiary/aromatic N) is 1. The van der Waals surface area contributed by atoms with E-state index in [0.29, 0.717) is 0 Å². The van der Waals surface area contributed by atoms with Crippen LogP contribution in [0.2, 0.25) is 0 Å². The highest BCUT2D eigenvalue weighted by Gasteiger charge is 2.21. The van der Waals surface area contributed by atoms with Crippen molar-refractivity contribution in [3.63, 3.8) is 0 Å². The monoisotopic (exact) mass is 262 g/mol. The van der Waals surface area contributed by atoms with Gasteiger partial charge in [-0.25, -0.2) is 13.2 Å². The Labute approximate surface area is 102 Å². The van der Waals surface area contributed by atoms with E-state index in [9.17, 15) is 18.0 Å². The molecule has 1 amide bonds. The average Bonchev–Trinajstić information content (AvgIpc) is 2.30. The summed E-state index contributed by atoms with van der Waals surface area (Å²) in [5.74, 6) is -1.52. The summed E-state index contributed by atoms with van der Waals surface area (Å²) in [6.45, 7) is -1.57. The number of carbonyl (C=O) groups is 1. The van der Waals surface area contributed by atoms with Crippen LogP contribution in [0, 0.1) is 5.82 Å². The second-order valence-corrected chi connectivity index (χ2v) is 3.60. The number of nitrogen functional groups attached to an aromatic ring is 1. The molecule has 1 aromatic carbocycles. The van der Waals surface area contributed by atoms with Crippen molar-refractivity contribution in [2.24, 2.45) is 0 Å². The van der Waals surface area contributed by atoms with Gasteiger partial charge in [0.1, 0.15) is 5.82 Å². The van der Waals surface area contributed by atoms with Gasteiger partial charge >= 0.3 is 0 Å². The normalized spacial score (nSPS) is 10.7. The third-order valence-electron chi connectivity index (χ3n) is 2.26. The summed E-state index contributed by atoms with van der Waals surface area (Å²) in [5.41, 5.74) is 5.30. The molecule has 0 aliphatic carbocycles. The number of alkyl halides is 2. The number of amides is 1. The number of benzene rings is 1. The van der Waals surface area contributed by atoms with E-state index in [4.69, 9.17) is 10.8 Å². The van der Waals surface area contributed by atoms with Gasteiger partial charge in [0.25, 0.3) is 12.3 Å². The van der Waals surface area contributed by atoms with Gasteiger partial charge in [0.15, 0.2) is 0 Å². The third kappa shape index (κ3) is 3.63. The van der Waals surface area contributed by atoms with Crippen LogP contribution in [0.5, 0.6) is 0 Å². The van der Waals surface area contributed by atoms with E-state index in [1.807, 2.05) is 0 Å². The standard InChI is InChI=1S/C11H13F3N2O2/c12-7-1-2-9(15)8(5-7)11(18)16(3-4-17)6-10(13)14/h1-2,5,10,17H,3-4,6,15H2. The Morgan fingerprint density at radius 3 is 2.67 bits per heavy atom. The molecule has 0 spiro atoms. The first-order chi connectivity index (χ1) is 8.45. The maximum absolute atomic E-state index is 13.0. The fourth-order valence-electron chi connectivity index (χ4n) is 1.45. The summed E-state index contributed by atoms with van der Waals surface area (Å²) < 4.78 is 37.6. The lowest BCUT2D eigenvalue weighted by Crippen LogP contribution is -2.37. The first kappa shape index (κ1) is 14.3. The van der Waals surface area contributed by atoms with E-state index < -0.39 is 31.3 Å². The molecule has 1 aromatic rings. The highest BCUT2D eigenvalue weighted by atomic mass is 19.3. The van der Waals surface area contributed by atoms with Crippen molar-refractivity contribution in [2.45, 2.75) is 6.43 Å². The molecule has 18 heavy (non-hydrogen) atoms. The summed E-state index contributed by atoms with van der Waals surface area (Å²) in [6, 6.07) is 3.13. The largest absolute Gasteiger partial charge is 0.398 e. The molecule has 3 N–H and O–H groups in total. The molecule has 1 rings (SSSR count). The molecule has 0 atom stereocenters. The van der Waals surface area contributed by atoms with Gasteiger partial charge in [0.05, 0.1) is 18.7 Å². The van der Waals surface area contributed by atoms with Gasteiger partial charge in [-0.2, -0.15) is 0 Å². The summed E-state index contributed by atoms with van der Waals surface area (Å²) in [6.07, 6.45) is -2.74. The minimum absolute atomic E-state index is 0.00129. The van der Waals surface area contributed by atoms with E-state index >= 15 is 0 Å². The van der Waals surface area contributed by atoms with Crippen LogP contribution in [0.3, 0.4) is 0 Å². The SMILES string of the molecule is Nc1ccc(F)cc1C(=O)N(CCO)CC(F)F. The Hall–Kier alpha value is -1.76. The van der Waals surface area contributed by atoms with E-state index in [2.05, 4.69) is 0 Å². The predicted octanol–water partition coefficient (Wildman–Crippen LogP) is 1.11. The lowest BCUT2D eigenvalue weighted by atomic mass is 10.1. The second-order valence-electron chi connectivity index (χ2n) is 3.60. The van der Waals surface area contributed by atoms with Crippen LogP contribution in [-0.4, -0.2) is 42.0 Å². The molecule has 0 unspecified atom stereocenters. The Morgan fingerprint density at radius 2 is 2.11 bits per heavy atom. The van der Waals surface area contributed by atoms with Crippen LogP contribution in [0.15, 0.2) is 18.2 Å². The van der Waals surface area contributed by atoms with Crippen molar-refractivity contribution in [1.29, 1.82) is 0 Å². The van der Waals surface area contributed by atoms with Gasteiger partial charge in [-0.05, 0) is 18.2 Å². The number of halogens is 3. The van der Waals surface area contributed by atoms with Gasteiger partial charge in [0, 0.05) is 12.2 Å². The van der Waals surface area contributed by atoms with Crippen LogP contribution < -0.4 is 5.73 Å². The molecule has 100 valence electrons. The first-order valence-corrected chi connectivity index (χ1v) is 5.19. The zero-order valence-electron chi connectivity index (χ0n) is 9.44. The smallest absolute Gasteiger partial charge is 0.256 e. The molecule has 0 aliphatic heterocycles. The maximum Gasteiger partial charge on any atom is 0.256 e. The fourth-order valence-corrected chi connectivity index (χ4v) is 1.45. The molecular formula is C11H13F3N2O2. The number of aliphatic hydroxyl groups excluding tert-OH is 1. The van der Waals surface area contributed by atoms with Crippen LogP contribution in [-0.2, 0) is 0 Å². The van der Waals surface area contributed by atoms with E-state index in [1.54, 1.807) is 0 Å². The van der Waals surface area contributed by atoms with Crippen molar-refractivity contribution in [3.05, 3.63) is 29.6 Å². The van der Waals surface area contributed by atoms with E-state index in [1.165, 1.54) is 6.07 Å². The van der Waals surface area contributed by atoms with Crippen molar-refractivity contribution < 1.29 is 23.1 Å². The predicted molar refractivity (Wildman–Crippen MR) is 59.8 cm³/mol. The van der Waals surface area contributed by atoms with Crippen LogP contribution in [0.25, 0.3) is 0 Å². The van der Waals surface area contributed by atoms with E-state index in [0.717, 1.165) is 17.0 Å². The number of carbonyl (C=O) groups excluding carboxylic acids is 1. The number of rotatable bonds is 5. The molecule has 0 saturated carbocycles. The number of nitrogens with two attached hydrogens (primary N) is 1. The van der Waals surface area contributed by atoms with Gasteiger partial charge < -0.3 is 15.7 Å². The van der Waals surface area contributed by atoms with Gasteiger partial charge in [-0.1, -0.05) is 0 Å². The number of hydrogen-bond acceptors (Lipinski definition) is 3. The molecule has 0 radical (unpaired) electrons. The molecule has 0 bridgehead atoms. The molecule has 0 aromatic heterocycles. The molecule has 4 nitrogen and oxygen atoms in total. The summed E-state index contributed by atoms with van der Waals surface area (Å²) in [5, 5.41) is 8.73. The van der Waals surface area contributed by atoms with Crippen LogP contribution >= 0.6 is 0 Å². The quantitative estimate of drug-likeness (QED) is 0.781. The maximum atomic E-state index is 13.0. The average molecular weight is 262 g/mol. The topological polar surface area (TPSA) is 66.6 Å². The highest BCUT2D eigenvalue weighted by molar-refractivity contribution is 5.99. The number of aliphatic hydroxyl groups is 1. The minimum Gasteiger partial charge on any atom is -0.398 e. The lowest BCUT2D eigenvalue weighted by Gasteiger charge is -2.22. The number of anilines is 1. The molecule has 0 heterocycles. The number of hydrogen-bond donors (Lipinski definition) is 2. The molecular weight excluding hydrogens is 249 g/mol. The Bertz CT molecular complexity index is 427. The first-order valence-electron chi connectivity index (χ1n) is 5.19. The van der Waals surface area contributed by atoms with Gasteiger partial charge in [-0.3, -0.25) is 4.79 Å². The summed E-state index contributed by atoms with van der Waals surface area (Å²) >= 11 is 0. The van der Waals surface area contributed by atoms with Crippen molar-refractivity contribution in [2.75, 3.05) is 25.4 Å². The van der Waals surface area contributed by atoms with Crippen molar-refractivity contribution in [3.8, 4) is 0 Å². The molecule has 0 aliphatic rings. The lowest BCUT2D eigenvalue weighted by molar-refractivity contribution is 0.0509. The van der Waals surface area contributed by atoms with Crippen LogP contribution in [0.1, 0.15) is 10.4 Å².